The Hall–Kier alpha value is -1.23. The molecule has 0 spiro atoms. The second kappa shape index (κ2) is 4.96. The molecule has 0 aliphatic heterocycles. The normalized spacial score (nSPS) is 12.6. The summed E-state index contributed by atoms with van der Waals surface area (Å²) >= 11 is 0. The molecule has 0 aliphatic carbocycles. The predicted molar refractivity (Wildman–Crippen MR) is 59.8 cm³/mol. The Bertz CT molecular complexity index is 351. The van der Waals surface area contributed by atoms with E-state index in [2.05, 4.69) is 5.32 Å². The van der Waals surface area contributed by atoms with Crippen LogP contribution in [0, 0.1) is 0 Å². The third kappa shape index (κ3) is 5.08. The molecule has 0 fully saturated rings. The summed E-state index contributed by atoms with van der Waals surface area (Å²) in [6.07, 6.45) is -4.30. The van der Waals surface area contributed by atoms with E-state index in [4.69, 9.17) is 4.74 Å². The van der Waals surface area contributed by atoms with Gasteiger partial charge in [-0.3, -0.25) is 5.32 Å². The number of hydrogen-bond donors (Lipinski definition) is 1. The summed E-state index contributed by atoms with van der Waals surface area (Å²) in [7, 11) is 0. The van der Waals surface area contributed by atoms with Gasteiger partial charge in [-0.2, -0.15) is 13.2 Å². The molecule has 1 aromatic rings. The summed E-state index contributed by atoms with van der Waals surface area (Å²) in [5, 5.41) is 3.07. The monoisotopic (exact) mass is 247 g/mol. The Morgan fingerprint density at radius 1 is 1.06 bits per heavy atom. The summed E-state index contributed by atoms with van der Waals surface area (Å²) in [6.45, 7) is 6.18. The smallest absolute Gasteiger partial charge is 0.416 e. The molecule has 0 saturated carbocycles. The van der Waals surface area contributed by atoms with E-state index < -0.39 is 11.7 Å². The van der Waals surface area contributed by atoms with E-state index in [1.165, 1.54) is 12.1 Å². The molecule has 0 heterocycles. The molecule has 0 amide bonds. The molecule has 5 heteroatoms. The minimum absolute atomic E-state index is 0.0914. The lowest BCUT2D eigenvalue weighted by Crippen LogP contribution is -2.38. The summed E-state index contributed by atoms with van der Waals surface area (Å²) in [6, 6.07) is 4.64. The minimum atomic E-state index is -4.30. The van der Waals surface area contributed by atoms with Crippen molar-refractivity contribution in [2.24, 2.45) is 0 Å². The number of rotatable bonds is 3. The van der Waals surface area contributed by atoms with Crippen LogP contribution >= 0.6 is 0 Å². The van der Waals surface area contributed by atoms with Gasteiger partial charge in [0.25, 0.3) is 0 Å². The van der Waals surface area contributed by atoms with Crippen molar-refractivity contribution < 1.29 is 17.9 Å². The lowest BCUT2D eigenvalue weighted by molar-refractivity contribution is -0.137. The quantitative estimate of drug-likeness (QED) is 0.826. The molecule has 17 heavy (non-hydrogen) atoms. The molecular weight excluding hydrogens is 231 g/mol. The molecule has 0 aliphatic rings. The average Bonchev–Trinajstić information content (AvgIpc) is 2.15. The van der Waals surface area contributed by atoms with Crippen LogP contribution in [0.2, 0.25) is 0 Å². The Morgan fingerprint density at radius 2 is 1.59 bits per heavy atom. The zero-order valence-corrected chi connectivity index (χ0v) is 10.1. The van der Waals surface area contributed by atoms with Crippen LogP contribution in [0.1, 0.15) is 26.3 Å². The maximum absolute atomic E-state index is 12.3. The molecule has 0 unspecified atom stereocenters. The van der Waals surface area contributed by atoms with Gasteiger partial charge in [0.2, 0.25) is 0 Å². The SMILES string of the molecule is CC(C)(C)NCOc1ccc(C(F)(F)F)cc1. The van der Waals surface area contributed by atoms with E-state index in [1.54, 1.807) is 0 Å². The van der Waals surface area contributed by atoms with Crippen molar-refractivity contribution in [3.63, 3.8) is 0 Å². The summed E-state index contributed by atoms with van der Waals surface area (Å²) in [5.74, 6) is 0.412. The molecule has 0 atom stereocenters. The van der Waals surface area contributed by atoms with E-state index in [9.17, 15) is 13.2 Å². The zero-order valence-electron chi connectivity index (χ0n) is 10.1. The standard InChI is InChI=1S/C12H16F3NO/c1-11(2,3)16-8-17-10-6-4-9(5-7-10)12(13,14)15/h4-7,16H,8H2,1-3H3. The lowest BCUT2D eigenvalue weighted by Gasteiger charge is -2.20. The van der Waals surface area contributed by atoms with Crippen LogP contribution < -0.4 is 10.1 Å². The van der Waals surface area contributed by atoms with Crippen molar-refractivity contribution in [1.82, 2.24) is 5.32 Å². The highest BCUT2D eigenvalue weighted by molar-refractivity contribution is 5.28. The van der Waals surface area contributed by atoms with E-state index >= 15 is 0 Å². The fourth-order valence-electron chi connectivity index (χ4n) is 1.08. The number of alkyl halides is 3. The first-order valence-corrected chi connectivity index (χ1v) is 5.23. The van der Waals surface area contributed by atoms with Crippen LogP contribution in [-0.2, 0) is 6.18 Å². The number of nitrogens with one attached hydrogen (secondary N) is 1. The first-order valence-electron chi connectivity index (χ1n) is 5.23. The fourth-order valence-corrected chi connectivity index (χ4v) is 1.08. The van der Waals surface area contributed by atoms with Crippen LogP contribution in [0.5, 0.6) is 5.75 Å². The minimum Gasteiger partial charge on any atom is -0.478 e. The first kappa shape index (κ1) is 13.8. The van der Waals surface area contributed by atoms with Gasteiger partial charge in [-0.1, -0.05) is 0 Å². The van der Waals surface area contributed by atoms with Gasteiger partial charge < -0.3 is 4.74 Å². The van der Waals surface area contributed by atoms with Crippen LogP contribution in [0.15, 0.2) is 24.3 Å². The highest BCUT2D eigenvalue weighted by Crippen LogP contribution is 2.30. The van der Waals surface area contributed by atoms with Gasteiger partial charge in [0, 0.05) is 5.54 Å². The van der Waals surface area contributed by atoms with Crippen LogP contribution in [-0.4, -0.2) is 12.3 Å². The van der Waals surface area contributed by atoms with Crippen LogP contribution in [0.3, 0.4) is 0 Å². The second-order valence-corrected chi connectivity index (χ2v) is 4.74. The third-order valence-corrected chi connectivity index (χ3v) is 2.02. The van der Waals surface area contributed by atoms with Crippen LogP contribution in [0.25, 0.3) is 0 Å². The van der Waals surface area contributed by atoms with E-state index in [-0.39, 0.29) is 12.3 Å². The van der Waals surface area contributed by atoms with E-state index in [1.807, 2.05) is 20.8 Å². The fraction of sp³-hybridized carbons (Fsp3) is 0.500. The number of halogens is 3. The first-order chi connectivity index (χ1) is 7.68. The largest absolute Gasteiger partial charge is 0.478 e. The molecule has 0 aromatic heterocycles. The number of hydrogen-bond acceptors (Lipinski definition) is 2. The van der Waals surface area contributed by atoms with Gasteiger partial charge in [-0.05, 0) is 45.0 Å². The maximum atomic E-state index is 12.3. The molecule has 0 bridgehead atoms. The van der Waals surface area contributed by atoms with Crippen molar-refractivity contribution in [2.45, 2.75) is 32.5 Å². The summed E-state index contributed by atoms with van der Waals surface area (Å²) < 4.78 is 42.1. The van der Waals surface area contributed by atoms with Crippen molar-refractivity contribution >= 4 is 0 Å². The number of benzene rings is 1. The Labute approximate surface area is 98.8 Å². The van der Waals surface area contributed by atoms with Gasteiger partial charge in [-0.15, -0.1) is 0 Å². The Morgan fingerprint density at radius 3 is 2.00 bits per heavy atom. The molecule has 1 rings (SSSR count). The van der Waals surface area contributed by atoms with Gasteiger partial charge in [0.15, 0.2) is 0 Å². The van der Waals surface area contributed by atoms with Crippen molar-refractivity contribution in [2.75, 3.05) is 6.73 Å². The predicted octanol–water partition coefficient (Wildman–Crippen LogP) is 3.43. The molecule has 96 valence electrons. The molecule has 2 nitrogen and oxygen atoms in total. The van der Waals surface area contributed by atoms with Crippen molar-refractivity contribution in [3.8, 4) is 5.75 Å². The van der Waals surface area contributed by atoms with E-state index in [0.717, 1.165) is 12.1 Å². The van der Waals surface area contributed by atoms with Crippen molar-refractivity contribution in [1.29, 1.82) is 0 Å². The van der Waals surface area contributed by atoms with Gasteiger partial charge in [0.05, 0.1) is 5.56 Å². The van der Waals surface area contributed by atoms with Crippen molar-refractivity contribution in [3.05, 3.63) is 29.8 Å². The molecule has 0 radical (unpaired) electrons. The second-order valence-electron chi connectivity index (χ2n) is 4.74. The zero-order chi connectivity index (χ0) is 13.1. The van der Waals surface area contributed by atoms with Gasteiger partial charge in [-0.25, -0.2) is 0 Å². The topological polar surface area (TPSA) is 21.3 Å². The summed E-state index contributed by atoms with van der Waals surface area (Å²) in [5.41, 5.74) is -0.764. The molecule has 1 aromatic carbocycles. The van der Waals surface area contributed by atoms with Gasteiger partial charge >= 0.3 is 6.18 Å². The third-order valence-electron chi connectivity index (χ3n) is 2.02. The highest BCUT2D eigenvalue weighted by Gasteiger charge is 2.29. The van der Waals surface area contributed by atoms with Gasteiger partial charge in [0.1, 0.15) is 12.5 Å². The van der Waals surface area contributed by atoms with E-state index in [0.29, 0.717) is 5.75 Å². The molecule has 1 N–H and O–H groups in total. The maximum Gasteiger partial charge on any atom is 0.416 e. The number of ether oxygens (including phenoxy) is 1. The van der Waals surface area contributed by atoms with Crippen LogP contribution in [0.4, 0.5) is 13.2 Å². The summed E-state index contributed by atoms with van der Waals surface area (Å²) in [4.78, 5) is 0. The molecular formula is C12H16F3NO. The average molecular weight is 247 g/mol. The molecule has 0 saturated heterocycles. The Kier molecular flexibility index (Phi) is 4.03. The highest BCUT2D eigenvalue weighted by atomic mass is 19.4. The lowest BCUT2D eigenvalue weighted by atomic mass is 10.1. The Balaban J connectivity index is 2.52.